The number of carboxylic acid groups (broad SMARTS) is 1. The average molecular weight is 430 g/mol. The van der Waals surface area contributed by atoms with Crippen molar-refractivity contribution in [3.05, 3.63) is 9.67 Å². The van der Waals surface area contributed by atoms with Crippen LogP contribution in [-0.4, -0.2) is 47.6 Å². The van der Waals surface area contributed by atoms with Crippen LogP contribution in [0.2, 0.25) is 13.3 Å². The standard InChI is InChI=1S/C7H10NO2.3C4H9.Sn/c1-8(7(9)10)6-4-2-3-5-6;3*1-3-4-2;/h5-6H,2,4H2,1H3,(H,9,10);3*1,3-4H2,2H3;. The predicted molar refractivity (Wildman–Crippen MR) is 102 cm³/mol. The number of carbonyl (C=O) groups is 1. The molecule has 0 spiro atoms. The Morgan fingerprint density at radius 2 is 1.61 bits per heavy atom. The first kappa shape index (κ1) is 20.9. The summed E-state index contributed by atoms with van der Waals surface area (Å²) >= 11 is -2.30. The molecule has 0 aliphatic heterocycles. The van der Waals surface area contributed by atoms with Crippen LogP contribution in [0.3, 0.4) is 0 Å². The van der Waals surface area contributed by atoms with Crippen molar-refractivity contribution >= 4 is 24.5 Å². The number of amides is 1. The first-order chi connectivity index (χ1) is 11.0. The second kappa shape index (κ2) is 10.6. The molecule has 0 radical (unpaired) electrons. The van der Waals surface area contributed by atoms with Crippen molar-refractivity contribution in [3.63, 3.8) is 0 Å². The minimum atomic E-state index is -2.30. The number of nitrogens with zero attached hydrogens (tertiary/aromatic N) is 1. The van der Waals surface area contributed by atoms with Crippen LogP contribution in [0.4, 0.5) is 4.79 Å². The van der Waals surface area contributed by atoms with Crippen LogP contribution in [0, 0.1) is 0 Å². The Kier molecular flexibility index (Phi) is 9.64. The molecule has 1 unspecified atom stereocenters. The Bertz CT molecular complexity index is 373. The Morgan fingerprint density at radius 1 is 1.13 bits per heavy atom. The molecule has 23 heavy (non-hydrogen) atoms. The molecule has 0 aromatic carbocycles. The van der Waals surface area contributed by atoms with E-state index < -0.39 is 24.5 Å². The third kappa shape index (κ3) is 5.99. The van der Waals surface area contributed by atoms with Crippen molar-refractivity contribution in [3.8, 4) is 0 Å². The number of unbranched alkanes of at least 4 members (excludes halogenated alkanes) is 3. The quantitative estimate of drug-likeness (QED) is 0.404. The molecule has 134 valence electrons. The average Bonchev–Trinajstić information content (AvgIpc) is 3.04. The fourth-order valence-corrected chi connectivity index (χ4v) is 21.2. The second-order valence-electron chi connectivity index (χ2n) is 7.28. The van der Waals surface area contributed by atoms with Gasteiger partial charge >= 0.3 is 147 Å². The van der Waals surface area contributed by atoms with Gasteiger partial charge in [0.1, 0.15) is 0 Å². The number of hydrogen-bond acceptors (Lipinski definition) is 1. The summed E-state index contributed by atoms with van der Waals surface area (Å²) in [6, 6.07) is 0.128. The van der Waals surface area contributed by atoms with E-state index in [-0.39, 0.29) is 6.04 Å². The van der Waals surface area contributed by atoms with Crippen LogP contribution >= 0.6 is 0 Å². The molecule has 0 aromatic heterocycles. The van der Waals surface area contributed by atoms with Crippen molar-refractivity contribution in [2.75, 3.05) is 7.05 Å². The van der Waals surface area contributed by atoms with Gasteiger partial charge in [-0.25, -0.2) is 0 Å². The van der Waals surface area contributed by atoms with Gasteiger partial charge in [-0.2, -0.15) is 0 Å². The van der Waals surface area contributed by atoms with Gasteiger partial charge in [0.25, 0.3) is 0 Å². The van der Waals surface area contributed by atoms with Gasteiger partial charge in [-0.05, 0) is 0 Å². The van der Waals surface area contributed by atoms with Gasteiger partial charge in [0.15, 0.2) is 0 Å². The minimum absolute atomic E-state index is 0.128. The molecule has 0 bridgehead atoms. The van der Waals surface area contributed by atoms with Gasteiger partial charge in [-0.3, -0.25) is 0 Å². The summed E-state index contributed by atoms with van der Waals surface area (Å²) in [6.45, 7) is 6.92. The van der Waals surface area contributed by atoms with Crippen LogP contribution in [0.1, 0.15) is 72.1 Å². The maximum absolute atomic E-state index is 11.3. The van der Waals surface area contributed by atoms with Gasteiger partial charge < -0.3 is 0 Å². The Labute approximate surface area is 147 Å². The SMILES string of the molecule is CCC[CH2][Sn]([CH2]CCC)([CH2]CCC)[C]1=CC(N(C)C(=O)O)CC1. The van der Waals surface area contributed by atoms with E-state index in [1.807, 2.05) is 0 Å². The zero-order valence-corrected chi connectivity index (χ0v) is 18.6. The van der Waals surface area contributed by atoms with E-state index in [4.69, 9.17) is 0 Å². The van der Waals surface area contributed by atoms with E-state index in [9.17, 15) is 9.90 Å². The third-order valence-corrected chi connectivity index (χ3v) is 21.9. The topological polar surface area (TPSA) is 40.5 Å². The molecule has 1 atom stereocenters. The molecule has 1 aliphatic carbocycles. The van der Waals surface area contributed by atoms with Gasteiger partial charge in [0, 0.05) is 0 Å². The summed E-state index contributed by atoms with van der Waals surface area (Å²) in [5.41, 5.74) is 0. The Morgan fingerprint density at radius 3 is 2.00 bits per heavy atom. The predicted octanol–water partition coefficient (Wildman–Crippen LogP) is 6.07. The fraction of sp³-hybridized carbons (Fsp3) is 0.842. The summed E-state index contributed by atoms with van der Waals surface area (Å²) in [4.78, 5) is 12.8. The first-order valence-corrected chi connectivity index (χ1v) is 17.2. The second-order valence-corrected chi connectivity index (χ2v) is 20.7. The number of rotatable bonds is 11. The summed E-state index contributed by atoms with van der Waals surface area (Å²) in [5.74, 6) is 0. The Balaban J connectivity index is 2.99. The molecule has 1 N–H and O–H groups in total. The fourth-order valence-electron chi connectivity index (χ4n) is 3.99. The summed E-state index contributed by atoms with van der Waals surface area (Å²) in [5, 5.41) is 9.27. The molecule has 3 nitrogen and oxygen atoms in total. The molecule has 0 aromatic rings. The third-order valence-electron chi connectivity index (χ3n) is 5.61. The van der Waals surface area contributed by atoms with Crippen LogP contribution in [0.5, 0.6) is 0 Å². The molecule has 0 saturated heterocycles. The molecule has 0 heterocycles. The van der Waals surface area contributed by atoms with E-state index in [2.05, 4.69) is 26.8 Å². The van der Waals surface area contributed by atoms with Crippen molar-refractivity contribution in [1.29, 1.82) is 0 Å². The van der Waals surface area contributed by atoms with Crippen LogP contribution in [0.15, 0.2) is 9.67 Å². The first-order valence-electron chi connectivity index (χ1n) is 9.67. The van der Waals surface area contributed by atoms with Crippen LogP contribution in [-0.2, 0) is 0 Å². The van der Waals surface area contributed by atoms with Crippen LogP contribution in [0.25, 0.3) is 0 Å². The molecular formula is C19H37NO2Sn. The van der Waals surface area contributed by atoms with E-state index in [0.717, 1.165) is 6.42 Å². The summed E-state index contributed by atoms with van der Waals surface area (Å²) in [6.07, 6.45) is 11.8. The summed E-state index contributed by atoms with van der Waals surface area (Å²) in [7, 11) is 1.73. The van der Waals surface area contributed by atoms with Gasteiger partial charge in [-0.15, -0.1) is 0 Å². The molecular weight excluding hydrogens is 393 g/mol. The van der Waals surface area contributed by atoms with Crippen molar-refractivity contribution in [2.45, 2.75) is 91.5 Å². The van der Waals surface area contributed by atoms with Crippen molar-refractivity contribution in [2.24, 2.45) is 0 Å². The van der Waals surface area contributed by atoms with E-state index in [1.54, 1.807) is 10.6 Å². The van der Waals surface area contributed by atoms with Crippen LogP contribution < -0.4 is 0 Å². The molecule has 0 fully saturated rings. The van der Waals surface area contributed by atoms with Crippen molar-refractivity contribution in [1.82, 2.24) is 4.90 Å². The van der Waals surface area contributed by atoms with E-state index >= 15 is 0 Å². The number of allylic oxidation sites excluding steroid dienone is 1. The van der Waals surface area contributed by atoms with Gasteiger partial charge in [0.05, 0.1) is 0 Å². The van der Waals surface area contributed by atoms with Gasteiger partial charge in [-0.1, -0.05) is 0 Å². The maximum atomic E-state index is 11.3. The van der Waals surface area contributed by atoms with Crippen molar-refractivity contribution < 1.29 is 9.90 Å². The van der Waals surface area contributed by atoms with Gasteiger partial charge in [0.2, 0.25) is 0 Å². The number of likely N-dealkylation sites (N-methyl/N-ethyl adjacent to an activating group) is 1. The molecule has 1 aliphatic rings. The molecule has 0 saturated carbocycles. The zero-order chi connectivity index (χ0) is 17.3. The molecule has 1 rings (SSSR count). The van der Waals surface area contributed by atoms with E-state index in [1.165, 1.54) is 63.2 Å². The summed E-state index contributed by atoms with van der Waals surface area (Å²) < 4.78 is 6.23. The van der Waals surface area contributed by atoms with E-state index in [0.29, 0.717) is 0 Å². The number of hydrogen-bond donors (Lipinski definition) is 1. The normalized spacial score (nSPS) is 18.1. The monoisotopic (exact) mass is 431 g/mol. The zero-order valence-electron chi connectivity index (χ0n) is 15.7. The Hall–Kier alpha value is -0.191. The molecule has 4 heteroatoms. The molecule has 1 amide bonds.